The summed E-state index contributed by atoms with van der Waals surface area (Å²) in [5.74, 6) is 1.12. The highest BCUT2D eigenvalue weighted by Gasteiger charge is 2.14. The number of hydrogen-bond acceptors (Lipinski definition) is 5. The average molecular weight is 251 g/mol. The summed E-state index contributed by atoms with van der Waals surface area (Å²) in [4.78, 5) is 8.32. The quantitative estimate of drug-likeness (QED) is 0.862. The third kappa shape index (κ3) is 4.14. The van der Waals surface area contributed by atoms with Crippen LogP contribution in [0.1, 0.15) is 26.7 Å². The first-order valence-electron chi connectivity index (χ1n) is 6.57. The second kappa shape index (κ2) is 6.54. The molecule has 1 atom stereocenters. The summed E-state index contributed by atoms with van der Waals surface area (Å²) in [5, 5.41) is 3.36. The Balaban J connectivity index is 1.84. The van der Waals surface area contributed by atoms with Gasteiger partial charge in [0.1, 0.15) is 0 Å². The van der Waals surface area contributed by atoms with Gasteiger partial charge in [0.05, 0.1) is 12.7 Å². The molecule has 1 unspecified atom stereocenters. The van der Waals surface area contributed by atoms with Crippen LogP contribution in [0, 0.1) is 5.92 Å². The van der Waals surface area contributed by atoms with Crippen LogP contribution in [0.25, 0.3) is 0 Å². The summed E-state index contributed by atoms with van der Waals surface area (Å²) in [6.07, 6.45) is 4.19. The zero-order valence-corrected chi connectivity index (χ0v) is 11.1. The summed E-state index contributed by atoms with van der Waals surface area (Å²) < 4.78 is 11.1. The molecule has 1 aromatic heterocycles. The molecule has 0 aliphatic carbocycles. The van der Waals surface area contributed by atoms with E-state index >= 15 is 0 Å². The first-order valence-corrected chi connectivity index (χ1v) is 6.57. The lowest BCUT2D eigenvalue weighted by Gasteiger charge is -2.22. The second-order valence-electron chi connectivity index (χ2n) is 4.87. The number of nitrogens with zero attached hydrogens (tertiary/aromatic N) is 2. The molecule has 100 valence electrons. The van der Waals surface area contributed by atoms with Crippen LogP contribution >= 0.6 is 0 Å². The molecule has 1 N–H and O–H groups in total. The van der Waals surface area contributed by atoms with Gasteiger partial charge >= 0.3 is 6.01 Å². The lowest BCUT2D eigenvalue weighted by molar-refractivity contribution is 0.195. The van der Waals surface area contributed by atoms with E-state index in [0.717, 1.165) is 13.1 Å². The van der Waals surface area contributed by atoms with Gasteiger partial charge in [0, 0.05) is 24.7 Å². The van der Waals surface area contributed by atoms with Gasteiger partial charge in [-0.05, 0) is 33.2 Å². The van der Waals surface area contributed by atoms with Crippen LogP contribution in [0.5, 0.6) is 11.9 Å². The van der Waals surface area contributed by atoms with Crippen molar-refractivity contribution in [2.24, 2.45) is 5.92 Å². The Labute approximate surface area is 108 Å². The molecule has 0 aromatic carbocycles. The van der Waals surface area contributed by atoms with Gasteiger partial charge in [-0.1, -0.05) is 0 Å². The number of piperidine rings is 1. The fourth-order valence-electron chi connectivity index (χ4n) is 1.96. The minimum atomic E-state index is 0.107. The molecule has 2 heterocycles. The average Bonchev–Trinajstić information content (AvgIpc) is 2.37. The topological polar surface area (TPSA) is 56.3 Å². The Kier molecular flexibility index (Phi) is 4.75. The summed E-state index contributed by atoms with van der Waals surface area (Å²) in [6, 6.07) is 2.15. The lowest BCUT2D eigenvalue weighted by atomic mass is 10.0. The molecule has 0 saturated carbocycles. The SMILES string of the molecule is CC(C)Oc1ccnc(OCC2CCCNC2)n1. The third-order valence-electron chi connectivity index (χ3n) is 2.81. The van der Waals surface area contributed by atoms with Crippen LogP contribution in [0.3, 0.4) is 0 Å². The highest BCUT2D eigenvalue weighted by Crippen LogP contribution is 2.14. The van der Waals surface area contributed by atoms with Crippen molar-refractivity contribution in [3.63, 3.8) is 0 Å². The van der Waals surface area contributed by atoms with Crippen LogP contribution in [-0.4, -0.2) is 35.8 Å². The predicted octanol–water partition coefficient (Wildman–Crippen LogP) is 1.64. The van der Waals surface area contributed by atoms with Gasteiger partial charge in [-0.25, -0.2) is 4.98 Å². The van der Waals surface area contributed by atoms with E-state index in [4.69, 9.17) is 9.47 Å². The van der Waals surface area contributed by atoms with Crippen molar-refractivity contribution in [1.29, 1.82) is 0 Å². The van der Waals surface area contributed by atoms with Crippen molar-refractivity contribution in [3.8, 4) is 11.9 Å². The van der Waals surface area contributed by atoms with Gasteiger partial charge < -0.3 is 14.8 Å². The normalized spacial score (nSPS) is 19.8. The van der Waals surface area contributed by atoms with Crippen molar-refractivity contribution in [1.82, 2.24) is 15.3 Å². The Bertz CT molecular complexity index is 365. The molecule has 5 nitrogen and oxygen atoms in total. The van der Waals surface area contributed by atoms with Crippen molar-refractivity contribution in [2.45, 2.75) is 32.8 Å². The largest absolute Gasteiger partial charge is 0.475 e. The number of rotatable bonds is 5. The van der Waals surface area contributed by atoms with Gasteiger partial charge in [0.2, 0.25) is 5.88 Å². The second-order valence-corrected chi connectivity index (χ2v) is 4.87. The molecule has 1 aliphatic heterocycles. The fourth-order valence-corrected chi connectivity index (χ4v) is 1.96. The van der Waals surface area contributed by atoms with E-state index in [1.807, 2.05) is 13.8 Å². The Morgan fingerprint density at radius 3 is 3.11 bits per heavy atom. The van der Waals surface area contributed by atoms with Crippen LogP contribution in [-0.2, 0) is 0 Å². The minimum Gasteiger partial charge on any atom is -0.475 e. The Hall–Kier alpha value is -1.36. The number of hydrogen-bond donors (Lipinski definition) is 1. The fraction of sp³-hybridized carbons (Fsp3) is 0.692. The van der Waals surface area contributed by atoms with Gasteiger partial charge in [-0.2, -0.15) is 4.98 Å². The maximum atomic E-state index is 5.63. The first kappa shape index (κ1) is 13.1. The monoisotopic (exact) mass is 251 g/mol. The van der Waals surface area contributed by atoms with Crippen LogP contribution in [0.4, 0.5) is 0 Å². The molecule has 1 aliphatic rings. The Morgan fingerprint density at radius 2 is 2.39 bits per heavy atom. The molecule has 0 radical (unpaired) electrons. The molecular formula is C13H21N3O2. The standard InChI is InChI=1S/C13H21N3O2/c1-10(2)18-12-5-7-15-13(16-12)17-9-11-4-3-6-14-8-11/h5,7,10-11,14H,3-4,6,8-9H2,1-2H3. The van der Waals surface area contributed by atoms with Gasteiger partial charge in [-0.3, -0.25) is 0 Å². The van der Waals surface area contributed by atoms with Crippen LogP contribution in [0.2, 0.25) is 0 Å². The molecule has 1 aromatic rings. The highest BCUT2D eigenvalue weighted by atomic mass is 16.5. The van der Waals surface area contributed by atoms with Crippen LogP contribution in [0.15, 0.2) is 12.3 Å². The number of aromatic nitrogens is 2. The molecular weight excluding hydrogens is 230 g/mol. The third-order valence-corrected chi connectivity index (χ3v) is 2.81. The first-order chi connectivity index (χ1) is 8.74. The molecule has 0 bridgehead atoms. The van der Waals surface area contributed by atoms with Crippen LogP contribution < -0.4 is 14.8 Å². The van der Waals surface area contributed by atoms with Crippen molar-refractivity contribution in [3.05, 3.63) is 12.3 Å². The summed E-state index contributed by atoms with van der Waals surface area (Å²) in [7, 11) is 0. The number of nitrogens with one attached hydrogen (secondary N) is 1. The summed E-state index contributed by atoms with van der Waals surface area (Å²) in [5.41, 5.74) is 0. The molecule has 1 saturated heterocycles. The van der Waals surface area contributed by atoms with Crippen molar-refractivity contribution >= 4 is 0 Å². The summed E-state index contributed by atoms with van der Waals surface area (Å²) >= 11 is 0. The van der Waals surface area contributed by atoms with Crippen molar-refractivity contribution < 1.29 is 9.47 Å². The highest BCUT2D eigenvalue weighted by molar-refractivity contribution is 5.11. The predicted molar refractivity (Wildman–Crippen MR) is 68.9 cm³/mol. The molecule has 0 amide bonds. The van der Waals surface area contributed by atoms with Crippen molar-refractivity contribution in [2.75, 3.05) is 19.7 Å². The Morgan fingerprint density at radius 1 is 1.50 bits per heavy atom. The molecule has 1 fully saturated rings. The van der Waals surface area contributed by atoms with E-state index in [2.05, 4.69) is 15.3 Å². The van der Waals surface area contributed by atoms with Gasteiger partial charge in [-0.15, -0.1) is 0 Å². The molecule has 5 heteroatoms. The van der Waals surface area contributed by atoms with Gasteiger partial charge in [0.25, 0.3) is 0 Å². The maximum Gasteiger partial charge on any atom is 0.319 e. The van der Waals surface area contributed by atoms with E-state index in [-0.39, 0.29) is 6.10 Å². The van der Waals surface area contributed by atoms with E-state index in [1.54, 1.807) is 12.3 Å². The van der Waals surface area contributed by atoms with E-state index in [1.165, 1.54) is 12.8 Å². The lowest BCUT2D eigenvalue weighted by Crippen LogP contribution is -2.33. The van der Waals surface area contributed by atoms with Gasteiger partial charge in [0.15, 0.2) is 0 Å². The molecule has 0 spiro atoms. The van der Waals surface area contributed by atoms with E-state index in [9.17, 15) is 0 Å². The minimum absolute atomic E-state index is 0.107. The maximum absolute atomic E-state index is 5.63. The zero-order valence-electron chi connectivity index (χ0n) is 11.1. The van der Waals surface area contributed by atoms with E-state index in [0.29, 0.717) is 24.4 Å². The molecule has 18 heavy (non-hydrogen) atoms. The van der Waals surface area contributed by atoms with E-state index < -0.39 is 0 Å². The number of ether oxygens (including phenoxy) is 2. The zero-order chi connectivity index (χ0) is 12.8. The smallest absolute Gasteiger partial charge is 0.319 e. The molecule has 2 rings (SSSR count). The summed E-state index contributed by atoms with van der Waals surface area (Å²) in [6.45, 7) is 6.73.